The van der Waals surface area contributed by atoms with Gasteiger partial charge in [0, 0.05) is 37.7 Å². The predicted molar refractivity (Wildman–Crippen MR) is 83.8 cm³/mol. The SMILES string of the molecule is CC(=O)N1CCc2cc(NC(=O)CCc3ccco3)ccc21. The molecule has 2 heterocycles. The first-order chi connectivity index (χ1) is 10.6. The Morgan fingerprint density at radius 2 is 2.18 bits per heavy atom. The predicted octanol–water partition coefficient (Wildman–Crippen LogP) is 2.76. The lowest BCUT2D eigenvalue weighted by Crippen LogP contribution is -2.25. The van der Waals surface area contributed by atoms with E-state index in [1.807, 2.05) is 30.3 Å². The molecular weight excluding hydrogens is 280 g/mol. The van der Waals surface area contributed by atoms with Gasteiger partial charge in [0.25, 0.3) is 0 Å². The van der Waals surface area contributed by atoms with Gasteiger partial charge in [0.05, 0.1) is 6.26 Å². The van der Waals surface area contributed by atoms with Gasteiger partial charge >= 0.3 is 0 Å². The maximum Gasteiger partial charge on any atom is 0.224 e. The molecule has 0 atom stereocenters. The Balaban J connectivity index is 1.61. The Hall–Kier alpha value is -2.56. The molecule has 0 unspecified atom stereocenters. The molecule has 1 aromatic carbocycles. The van der Waals surface area contributed by atoms with Crippen molar-refractivity contribution in [2.24, 2.45) is 0 Å². The van der Waals surface area contributed by atoms with E-state index in [-0.39, 0.29) is 11.8 Å². The fraction of sp³-hybridized carbons (Fsp3) is 0.294. The van der Waals surface area contributed by atoms with Crippen LogP contribution in [0.5, 0.6) is 0 Å². The molecule has 2 aromatic rings. The van der Waals surface area contributed by atoms with E-state index in [1.54, 1.807) is 18.1 Å². The molecule has 1 aromatic heterocycles. The standard InChI is InChI=1S/C17H18N2O3/c1-12(20)19-9-8-13-11-14(4-6-16(13)19)18-17(21)7-5-15-3-2-10-22-15/h2-4,6,10-11H,5,7-9H2,1H3,(H,18,21). The van der Waals surface area contributed by atoms with Crippen molar-refractivity contribution in [1.29, 1.82) is 0 Å². The van der Waals surface area contributed by atoms with Gasteiger partial charge in [0.1, 0.15) is 5.76 Å². The van der Waals surface area contributed by atoms with Gasteiger partial charge in [-0.2, -0.15) is 0 Å². The van der Waals surface area contributed by atoms with Gasteiger partial charge in [-0.3, -0.25) is 9.59 Å². The van der Waals surface area contributed by atoms with Crippen LogP contribution < -0.4 is 10.2 Å². The van der Waals surface area contributed by atoms with Crippen molar-refractivity contribution in [2.45, 2.75) is 26.2 Å². The zero-order valence-electron chi connectivity index (χ0n) is 12.5. The van der Waals surface area contributed by atoms with Crippen molar-refractivity contribution in [3.05, 3.63) is 47.9 Å². The van der Waals surface area contributed by atoms with E-state index in [4.69, 9.17) is 4.42 Å². The van der Waals surface area contributed by atoms with Crippen LogP contribution in [0.25, 0.3) is 0 Å². The smallest absolute Gasteiger partial charge is 0.224 e. The second-order valence-corrected chi connectivity index (χ2v) is 5.39. The fourth-order valence-electron chi connectivity index (χ4n) is 2.72. The van der Waals surface area contributed by atoms with E-state index < -0.39 is 0 Å². The minimum atomic E-state index is -0.0437. The Morgan fingerprint density at radius 1 is 1.32 bits per heavy atom. The largest absolute Gasteiger partial charge is 0.469 e. The summed E-state index contributed by atoms with van der Waals surface area (Å²) < 4.78 is 5.21. The molecule has 1 aliphatic rings. The number of fused-ring (bicyclic) bond motifs is 1. The van der Waals surface area contributed by atoms with Crippen LogP contribution in [0.1, 0.15) is 24.7 Å². The van der Waals surface area contributed by atoms with Crippen molar-refractivity contribution >= 4 is 23.2 Å². The summed E-state index contributed by atoms with van der Waals surface area (Å²) in [5, 5.41) is 2.89. The molecule has 0 saturated heterocycles. The number of amides is 2. The van der Waals surface area contributed by atoms with Crippen LogP contribution in [0, 0.1) is 0 Å². The summed E-state index contributed by atoms with van der Waals surface area (Å²) in [6.45, 7) is 2.28. The number of carbonyl (C=O) groups is 2. The highest BCUT2D eigenvalue weighted by Gasteiger charge is 2.22. The van der Waals surface area contributed by atoms with Crippen LogP contribution >= 0.6 is 0 Å². The topological polar surface area (TPSA) is 62.6 Å². The lowest BCUT2D eigenvalue weighted by atomic mass is 10.1. The molecule has 0 fully saturated rings. The van der Waals surface area contributed by atoms with Crippen LogP contribution in [-0.2, 0) is 22.4 Å². The fourth-order valence-corrected chi connectivity index (χ4v) is 2.72. The summed E-state index contributed by atoms with van der Waals surface area (Å²) >= 11 is 0. The normalized spacial score (nSPS) is 13.0. The number of hydrogen-bond donors (Lipinski definition) is 1. The van der Waals surface area contributed by atoms with Crippen molar-refractivity contribution in [3.63, 3.8) is 0 Å². The monoisotopic (exact) mass is 298 g/mol. The molecule has 0 radical (unpaired) electrons. The minimum Gasteiger partial charge on any atom is -0.469 e. The molecule has 5 nitrogen and oxygen atoms in total. The lowest BCUT2D eigenvalue weighted by molar-refractivity contribution is -0.117. The van der Waals surface area contributed by atoms with Crippen molar-refractivity contribution < 1.29 is 14.0 Å². The van der Waals surface area contributed by atoms with E-state index in [0.717, 1.165) is 29.1 Å². The van der Waals surface area contributed by atoms with E-state index in [0.29, 0.717) is 19.4 Å². The van der Waals surface area contributed by atoms with Gasteiger partial charge < -0.3 is 14.6 Å². The molecule has 0 bridgehead atoms. The van der Waals surface area contributed by atoms with E-state index in [1.165, 1.54) is 0 Å². The zero-order valence-corrected chi connectivity index (χ0v) is 12.5. The summed E-state index contributed by atoms with van der Waals surface area (Å²) in [5.74, 6) is 0.813. The summed E-state index contributed by atoms with van der Waals surface area (Å²) in [7, 11) is 0. The quantitative estimate of drug-likeness (QED) is 0.944. The lowest BCUT2D eigenvalue weighted by Gasteiger charge is -2.15. The van der Waals surface area contributed by atoms with Gasteiger partial charge in [-0.25, -0.2) is 0 Å². The first-order valence-electron chi connectivity index (χ1n) is 7.37. The number of anilines is 2. The van der Waals surface area contributed by atoms with Crippen molar-refractivity contribution in [3.8, 4) is 0 Å². The van der Waals surface area contributed by atoms with Crippen LogP contribution in [0.3, 0.4) is 0 Å². The third-order valence-corrected chi connectivity index (χ3v) is 3.82. The molecule has 0 spiro atoms. The second-order valence-electron chi connectivity index (χ2n) is 5.39. The number of nitrogens with zero attached hydrogens (tertiary/aromatic N) is 1. The molecule has 3 rings (SSSR count). The second kappa shape index (κ2) is 6.05. The molecule has 114 valence electrons. The van der Waals surface area contributed by atoms with Crippen LogP contribution in [0.15, 0.2) is 41.0 Å². The highest BCUT2D eigenvalue weighted by molar-refractivity contribution is 5.95. The third kappa shape index (κ3) is 3.03. The van der Waals surface area contributed by atoms with Crippen molar-refractivity contribution in [2.75, 3.05) is 16.8 Å². The molecule has 5 heteroatoms. The van der Waals surface area contributed by atoms with E-state index in [2.05, 4.69) is 5.32 Å². The molecule has 2 amide bonds. The highest BCUT2D eigenvalue weighted by Crippen LogP contribution is 2.30. The number of benzene rings is 1. The van der Waals surface area contributed by atoms with Crippen LogP contribution in [0.4, 0.5) is 11.4 Å². The number of carbonyl (C=O) groups excluding carboxylic acids is 2. The summed E-state index contributed by atoms with van der Waals surface area (Å²) in [4.78, 5) is 25.2. The number of nitrogens with one attached hydrogen (secondary N) is 1. The Bertz CT molecular complexity index is 692. The maximum atomic E-state index is 12.0. The molecular formula is C17H18N2O3. The van der Waals surface area contributed by atoms with Crippen LogP contribution in [0.2, 0.25) is 0 Å². The zero-order chi connectivity index (χ0) is 15.5. The van der Waals surface area contributed by atoms with Gasteiger partial charge in [-0.05, 0) is 42.3 Å². The first kappa shape index (κ1) is 14.4. The summed E-state index contributed by atoms with van der Waals surface area (Å²) in [6, 6.07) is 9.35. The average molecular weight is 298 g/mol. The van der Waals surface area contributed by atoms with Crippen LogP contribution in [-0.4, -0.2) is 18.4 Å². The Kier molecular flexibility index (Phi) is 3.96. The maximum absolute atomic E-state index is 12.0. The van der Waals surface area contributed by atoms with E-state index in [9.17, 15) is 9.59 Å². The first-order valence-corrected chi connectivity index (χ1v) is 7.37. The number of hydrogen-bond acceptors (Lipinski definition) is 3. The molecule has 0 saturated carbocycles. The molecule has 1 N–H and O–H groups in total. The van der Waals surface area contributed by atoms with E-state index >= 15 is 0 Å². The van der Waals surface area contributed by atoms with Gasteiger partial charge in [0.15, 0.2) is 0 Å². The Morgan fingerprint density at radius 3 is 2.91 bits per heavy atom. The van der Waals surface area contributed by atoms with Crippen molar-refractivity contribution in [1.82, 2.24) is 0 Å². The average Bonchev–Trinajstić information content (AvgIpc) is 3.14. The van der Waals surface area contributed by atoms with Gasteiger partial charge in [0.2, 0.25) is 11.8 Å². The number of aryl methyl sites for hydroxylation is 1. The molecule has 1 aliphatic heterocycles. The van der Waals surface area contributed by atoms with Gasteiger partial charge in [-0.1, -0.05) is 0 Å². The highest BCUT2D eigenvalue weighted by atomic mass is 16.3. The number of furan rings is 1. The third-order valence-electron chi connectivity index (χ3n) is 3.82. The number of rotatable bonds is 4. The molecule has 22 heavy (non-hydrogen) atoms. The minimum absolute atomic E-state index is 0.0437. The Labute approximate surface area is 128 Å². The molecule has 0 aliphatic carbocycles. The van der Waals surface area contributed by atoms with Gasteiger partial charge in [-0.15, -0.1) is 0 Å². The summed E-state index contributed by atoms with van der Waals surface area (Å²) in [5.41, 5.74) is 2.81. The summed E-state index contributed by atoms with van der Waals surface area (Å²) in [6.07, 6.45) is 3.39.